The van der Waals surface area contributed by atoms with Crippen molar-refractivity contribution in [2.24, 2.45) is 42.3 Å². The highest BCUT2D eigenvalue weighted by Crippen LogP contribution is 2.37. The van der Waals surface area contributed by atoms with Gasteiger partial charge in [0, 0.05) is 155 Å². The third-order valence-corrected chi connectivity index (χ3v) is 21.5. The Balaban J connectivity index is 0.0000000967. The van der Waals surface area contributed by atoms with Gasteiger partial charge in [0.2, 0.25) is 17.1 Å². The number of aromatic nitrogens is 11. The van der Waals surface area contributed by atoms with Crippen molar-refractivity contribution in [3.8, 4) is 0 Å². The number of rotatable bonds is 0. The summed E-state index contributed by atoms with van der Waals surface area (Å²) >= 11 is 0. The first kappa shape index (κ1) is 72.4. The van der Waals surface area contributed by atoms with Gasteiger partial charge in [-0.05, 0) is 141 Å². The molecule has 0 unspecified atom stereocenters. The molecule has 24 rings (SSSR count). The van der Waals surface area contributed by atoms with Crippen LogP contribution in [0, 0.1) is 62.3 Å². The zero-order chi connectivity index (χ0) is 76.8. The van der Waals surface area contributed by atoms with Gasteiger partial charge in [0.05, 0.1) is 22.4 Å². The quantitative estimate of drug-likeness (QED) is 0.152. The predicted octanol–water partition coefficient (Wildman–Crippen LogP) is 24.7. The van der Waals surface area contributed by atoms with Gasteiger partial charge in [0.15, 0.2) is 27.9 Å². The highest BCUT2D eigenvalue weighted by Gasteiger charge is 2.19. The molecule has 16 aromatic heterocycles. The molecule has 8 aromatic carbocycles. The Labute approximate surface area is 643 Å². The number of H-pyrrole nitrogens is 1. The highest BCUT2D eigenvalue weighted by atomic mass is 16.4. The number of oxazole rings is 1. The smallest absolute Gasteiger partial charge is 0.307 e. The van der Waals surface area contributed by atoms with E-state index in [1.54, 1.807) is 0 Å². The molecule has 0 atom stereocenters. The molecule has 0 spiro atoms. The average Bonchev–Trinajstić information content (AvgIpc) is 1.58. The van der Waals surface area contributed by atoms with Crippen molar-refractivity contribution >= 4 is 171 Å². The normalized spacial score (nSPS) is 11.5. The summed E-state index contributed by atoms with van der Waals surface area (Å²) in [6.45, 7) is 18.4. The molecule has 24 aromatic rings. The Morgan fingerprint density at radius 3 is 1.45 bits per heavy atom. The average molecular weight is 1490 g/mol. The van der Waals surface area contributed by atoms with E-state index in [9.17, 15) is 0 Å². The van der Waals surface area contributed by atoms with Gasteiger partial charge in [-0.3, -0.25) is 4.40 Å². The van der Waals surface area contributed by atoms with Crippen molar-refractivity contribution in [3.05, 3.63) is 276 Å². The van der Waals surface area contributed by atoms with Crippen molar-refractivity contribution < 1.29 is 35.3 Å². The minimum Gasteiger partial charge on any atom is -0.454 e. The fraction of sp³-hybridized carbons (Fsp3) is 0.172. The predicted molar refractivity (Wildman–Crippen MR) is 454 cm³/mol. The van der Waals surface area contributed by atoms with E-state index >= 15 is 0 Å². The van der Waals surface area contributed by atoms with Crippen LogP contribution in [0.3, 0.4) is 0 Å². The molecular formula is C93H87N11O8. The lowest BCUT2D eigenvalue weighted by atomic mass is 10.2. The van der Waals surface area contributed by atoms with Gasteiger partial charge in [0.25, 0.3) is 0 Å². The van der Waals surface area contributed by atoms with Gasteiger partial charge in [-0.15, -0.1) is 0 Å². The number of aromatic amines is 1. The maximum atomic E-state index is 5.78. The Bertz CT molecular complexity index is 6840. The number of aryl methyl sites for hydroxylation is 15. The number of nitrogens with one attached hydrogen (secondary N) is 1. The third-order valence-electron chi connectivity index (χ3n) is 21.5. The minimum atomic E-state index is 0. The second-order valence-electron chi connectivity index (χ2n) is 28.3. The lowest BCUT2D eigenvalue weighted by Gasteiger charge is -1.96. The number of hydrogen-bond acceptors (Lipinski definition) is 11. The lowest BCUT2D eigenvalue weighted by Crippen LogP contribution is -1.90. The Morgan fingerprint density at radius 2 is 0.795 bits per heavy atom. The van der Waals surface area contributed by atoms with E-state index in [0.717, 1.165) is 134 Å². The molecule has 0 aliphatic rings. The van der Waals surface area contributed by atoms with E-state index in [-0.39, 0.29) is 7.43 Å². The summed E-state index contributed by atoms with van der Waals surface area (Å²) in [6, 6.07) is 68.9. The summed E-state index contributed by atoms with van der Waals surface area (Å²) in [6.07, 6.45) is 6.06. The molecule has 0 aliphatic heterocycles. The zero-order valence-corrected chi connectivity index (χ0v) is 64.6. The molecule has 1 N–H and O–H groups in total. The van der Waals surface area contributed by atoms with Crippen molar-refractivity contribution in [2.45, 2.75) is 69.7 Å². The van der Waals surface area contributed by atoms with Gasteiger partial charge in [0.1, 0.15) is 61.8 Å². The zero-order valence-electron chi connectivity index (χ0n) is 64.6. The molecule has 0 radical (unpaired) electrons. The number of nitrogens with zero attached hydrogens (tertiary/aromatic N) is 10. The third kappa shape index (κ3) is 12.6. The molecule has 16 heterocycles. The lowest BCUT2D eigenvalue weighted by molar-refractivity contribution is 0.625. The van der Waals surface area contributed by atoms with Crippen LogP contribution in [-0.2, 0) is 42.3 Å². The van der Waals surface area contributed by atoms with Gasteiger partial charge in [-0.1, -0.05) is 129 Å². The van der Waals surface area contributed by atoms with Crippen LogP contribution in [0.1, 0.15) is 58.9 Å². The Hall–Kier alpha value is -13.8. The van der Waals surface area contributed by atoms with Crippen molar-refractivity contribution in [3.63, 3.8) is 0 Å². The molecule has 0 fully saturated rings. The van der Waals surface area contributed by atoms with E-state index in [4.69, 9.17) is 35.3 Å². The first-order valence-electron chi connectivity index (χ1n) is 36.9. The fourth-order valence-corrected chi connectivity index (χ4v) is 14.9. The van der Waals surface area contributed by atoms with E-state index in [2.05, 4.69) is 146 Å². The fourth-order valence-electron chi connectivity index (χ4n) is 14.9. The molecule has 0 saturated heterocycles. The van der Waals surface area contributed by atoms with Gasteiger partial charge in [-0.2, -0.15) is 9.97 Å². The molecule has 0 amide bonds. The van der Waals surface area contributed by atoms with E-state index in [1.165, 1.54) is 82.5 Å². The molecule has 19 heteroatoms. The second kappa shape index (κ2) is 29.0. The number of furan rings is 7. The van der Waals surface area contributed by atoms with Crippen molar-refractivity contribution in [1.29, 1.82) is 0 Å². The number of benzene rings is 8. The summed E-state index contributed by atoms with van der Waals surface area (Å²) in [7, 11) is 12.2. The maximum Gasteiger partial charge on any atom is 0.307 e. The number of imidazole rings is 3. The summed E-state index contributed by atoms with van der Waals surface area (Å²) in [5.74, 6) is 2.63. The van der Waals surface area contributed by atoms with Crippen LogP contribution in [0.25, 0.3) is 171 Å². The van der Waals surface area contributed by atoms with Crippen LogP contribution in [0.4, 0.5) is 0 Å². The number of para-hydroxylation sites is 9. The van der Waals surface area contributed by atoms with Crippen LogP contribution in [0.2, 0.25) is 0 Å². The largest absolute Gasteiger partial charge is 0.454 e. The molecule has 0 bridgehead atoms. The molecular weight excluding hydrogens is 1400 g/mol. The summed E-state index contributed by atoms with van der Waals surface area (Å²) in [5, 5.41) is 13.1. The van der Waals surface area contributed by atoms with Crippen LogP contribution in [-0.4, -0.2) is 51.7 Å². The maximum absolute atomic E-state index is 5.78. The monoisotopic (exact) mass is 1490 g/mol. The molecule has 0 saturated carbocycles. The van der Waals surface area contributed by atoms with Gasteiger partial charge < -0.3 is 67.7 Å². The van der Waals surface area contributed by atoms with Crippen LogP contribution in [0.15, 0.2) is 260 Å². The second-order valence-corrected chi connectivity index (χ2v) is 28.3. The SMILES string of the molecule is C.Cc1[nH]cc2oc3ccccc3c12.Cc1c2c(cn1C)oc1ccccc12.Cc1c2oc3ccccc3c2cn1C.Cc1cc2c3ccccc3oc2n1C.Cc1cc2oc3ccccc3c2n1C.Cc1nc2c3ccccc3oc2n1C.Cc1nc2oc3ccccc3c2n1C.Cc1nc2oc3ccccc3n2c1C. The van der Waals surface area contributed by atoms with Gasteiger partial charge in [-0.25, -0.2) is 4.98 Å². The Kier molecular flexibility index (Phi) is 18.7. The van der Waals surface area contributed by atoms with E-state index in [1.807, 2.05) is 235 Å². The molecule has 112 heavy (non-hydrogen) atoms. The first-order valence-corrected chi connectivity index (χ1v) is 36.9. The highest BCUT2D eigenvalue weighted by molar-refractivity contribution is 6.10. The van der Waals surface area contributed by atoms with Crippen LogP contribution in [0.5, 0.6) is 0 Å². The van der Waals surface area contributed by atoms with Crippen LogP contribution < -0.4 is 0 Å². The van der Waals surface area contributed by atoms with E-state index in [0.29, 0.717) is 5.84 Å². The summed E-state index contributed by atoms with van der Waals surface area (Å²) < 4.78 is 60.1. The summed E-state index contributed by atoms with van der Waals surface area (Å²) in [4.78, 5) is 16.3. The molecule has 562 valence electrons. The topological polar surface area (TPSA) is 194 Å². The number of fused-ring (bicyclic) bond motifs is 24. The van der Waals surface area contributed by atoms with Gasteiger partial charge >= 0.3 is 5.84 Å². The summed E-state index contributed by atoms with van der Waals surface area (Å²) in [5.41, 5.74) is 26.5. The number of hydrogen-bond donors (Lipinski definition) is 1. The van der Waals surface area contributed by atoms with Crippen molar-refractivity contribution in [1.82, 2.24) is 51.7 Å². The van der Waals surface area contributed by atoms with E-state index < -0.39 is 0 Å². The minimum absolute atomic E-state index is 0. The first-order chi connectivity index (χ1) is 53.8. The van der Waals surface area contributed by atoms with Crippen molar-refractivity contribution in [2.75, 3.05) is 0 Å². The van der Waals surface area contributed by atoms with Crippen LogP contribution >= 0.6 is 0 Å². The standard InChI is InChI=1S/4C12H11NO.3C11H10N2O.C11H9NO.CH4/c1-8-12-10(7-13(8)2)9-5-3-4-6-11(9)14-12;1-8-12-9-5-3-4-6-10(9)14-11(12)7-13(8)2;1-8-7-10-9-5-3-4-6-11(9)14-12(10)13(8)2;1-8-7-11-12(13(8)2)9-5-3-4-6-10(9)14-11;1-7-12-11-10(13(7)2)8-5-3-4-6-9(8)14-11;1-7-12-10-8-5-3-4-6-9(8)14-11(10)13(7)2;1-7-8(2)13-9-5-3-4-6-10(9)14-11(13)12-7;1-7-11-8-4-2-3-5-9(8)13-10(11)6-12-7;/h4*3-7H,1-2H3;3*3-6H,1-2H3;2-6,12H,1H3;1H4. The Morgan fingerprint density at radius 1 is 0.321 bits per heavy atom. The molecule has 19 nitrogen and oxygen atoms in total. The molecule has 0 aliphatic carbocycles.